The van der Waals surface area contributed by atoms with Crippen molar-refractivity contribution in [1.82, 2.24) is 10.2 Å². The third-order valence-electron chi connectivity index (χ3n) is 1.16. The fourth-order valence-electron chi connectivity index (χ4n) is 0.690. The van der Waals surface area contributed by atoms with Crippen LogP contribution in [0.2, 0.25) is 0 Å². The van der Waals surface area contributed by atoms with Crippen molar-refractivity contribution in [3.05, 3.63) is 29.4 Å². The molecule has 10 heavy (non-hydrogen) atoms. The van der Waals surface area contributed by atoms with E-state index in [-0.39, 0.29) is 0 Å². The van der Waals surface area contributed by atoms with E-state index in [1.54, 1.807) is 12.3 Å². The molecule has 52 valence electrons. The number of hydrogen-bond donors (Lipinski definition) is 2. The van der Waals surface area contributed by atoms with Crippen molar-refractivity contribution < 1.29 is 0 Å². The van der Waals surface area contributed by atoms with Gasteiger partial charge in [-0.25, -0.2) is 0 Å². The van der Waals surface area contributed by atoms with Gasteiger partial charge in [-0.1, -0.05) is 12.7 Å². The van der Waals surface area contributed by atoms with Crippen molar-refractivity contribution in [3.8, 4) is 0 Å². The summed E-state index contributed by atoms with van der Waals surface area (Å²) in [6.45, 7) is 3.55. The van der Waals surface area contributed by atoms with Crippen molar-refractivity contribution in [3.63, 3.8) is 0 Å². The van der Waals surface area contributed by atoms with E-state index in [9.17, 15) is 0 Å². The van der Waals surface area contributed by atoms with Gasteiger partial charge in [-0.2, -0.15) is 5.10 Å². The van der Waals surface area contributed by atoms with Gasteiger partial charge in [0.15, 0.2) is 0 Å². The van der Waals surface area contributed by atoms with E-state index in [1.165, 1.54) is 6.20 Å². The van der Waals surface area contributed by atoms with Gasteiger partial charge in [0.25, 0.3) is 0 Å². The number of nitrogens with two attached hydrogens (primary N) is 1. The molecule has 0 spiro atoms. The molecule has 3 nitrogen and oxygen atoms in total. The molecule has 0 saturated carbocycles. The molecule has 1 rings (SSSR count). The van der Waals surface area contributed by atoms with E-state index in [4.69, 9.17) is 5.73 Å². The predicted octanol–water partition coefficient (Wildman–Crippen LogP) is -0.927. The number of aromatic nitrogens is 2. The molecular weight excluding hydrogens is 126 g/mol. The van der Waals surface area contributed by atoms with Crippen LogP contribution in [0.4, 0.5) is 0 Å². The summed E-state index contributed by atoms with van der Waals surface area (Å²) in [6, 6.07) is 0. The minimum Gasteiger partial charge on any atom is -0.404 e. The zero-order chi connectivity index (χ0) is 7.40. The Kier molecular flexibility index (Phi) is 1.89. The quantitative estimate of drug-likeness (QED) is 0.523. The Morgan fingerprint density at radius 2 is 2.50 bits per heavy atom. The van der Waals surface area contributed by atoms with Gasteiger partial charge in [0, 0.05) is 11.4 Å². The molecule has 0 atom stereocenters. The molecule has 0 aliphatic heterocycles. The lowest BCUT2D eigenvalue weighted by Crippen LogP contribution is -2.23. The van der Waals surface area contributed by atoms with Gasteiger partial charge in [-0.3, -0.25) is 5.10 Å². The smallest absolute Gasteiger partial charge is 0.0664 e. The molecule has 0 bridgehead atoms. The minimum absolute atomic E-state index is 0.887. The first kappa shape index (κ1) is 6.61. The number of nitrogens with one attached hydrogen (secondary N) is 1. The number of aromatic amines is 1. The lowest BCUT2D eigenvalue weighted by molar-refractivity contribution is 1.06. The fraction of sp³-hybridized carbons (Fsp3) is 0. The van der Waals surface area contributed by atoms with Gasteiger partial charge < -0.3 is 5.73 Å². The fourth-order valence-corrected chi connectivity index (χ4v) is 0.690. The van der Waals surface area contributed by atoms with Crippen LogP contribution in [0.1, 0.15) is 0 Å². The molecule has 1 aromatic rings. The standard InChI is InChI=1S/C7H9N3/c1-2-3-7-6(4-8)5-9-10-7/h2-5,10H,1,8H2/b6-4-,7-3+. The number of H-pyrrole nitrogens is 1. The molecule has 0 radical (unpaired) electrons. The first-order valence-corrected chi connectivity index (χ1v) is 2.92. The maximum Gasteiger partial charge on any atom is 0.0664 e. The summed E-state index contributed by atoms with van der Waals surface area (Å²) in [7, 11) is 0. The molecule has 0 saturated heterocycles. The van der Waals surface area contributed by atoms with Crippen LogP contribution in [-0.4, -0.2) is 10.2 Å². The SMILES string of the molecule is C=C/C=c1/[nH]nc/c1=C/N. The molecule has 0 amide bonds. The van der Waals surface area contributed by atoms with Crippen LogP contribution in [0.5, 0.6) is 0 Å². The normalized spacial score (nSPS) is 14.0. The van der Waals surface area contributed by atoms with E-state index in [0.29, 0.717) is 0 Å². The molecular formula is C7H9N3. The molecule has 3 heteroatoms. The van der Waals surface area contributed by atoms with E-state index >= 15 is 0 Å². The summed E-state index contributed by atoms with van der Waals surface area (Å²) in [5, 5.41) is 8.34. The highest BCUT2D eigenvalue weighted by Crippen LogP contribution is 1.60. The zero-order valence-electron chi connectivity index (χ0n) is 5.54. The van der Waals surface area contributed by atoms with Gasteiger partial charge in [-0.15, -0.1) is 0 Å². The van der Waals surface area contributed by atoms with Crippen LogP contribution < -0.4 is 16.3 Å². The van der Waals surface area contributed by atoms with Crippen molar-refractivity contribution in [2.24, 2.45) is 5.73 Å². The van der Waals surface area contributed by atoms with Crippen molar-refractivity contribution in [2.45, 2.75) is 0 Å². The minimum atomic E-state index is 0.887. The highest BCUT2D eigenvalue weighted by molar-refractivity contribution is 5.34. The first-order valence-electron chi connectivity index (χ1n) is 2.92. The number of allylic oxidation sites excluding steroid dienone is 1. The summed E-state index contributed by atoms with van der Waals surface area (Å²) in [5.74, 6) is 0. The summed E-state index contributed by atoms with van der Waals surface area (Å²) in [6.07, 6.45) is 6.65. The Hall–Kier alpha value is -1.51. The summed E-state index contributed by atoms with van der Waals surface area (Å²) in [4.78, 5) is 0. The van der Waals surface area contributed by atoms with Crippen molar-refractivity contribution in [2.75, 3.05) is 0 Å². The molecule has 0 fully saturated rings. The van der Waals surface area contributed by atoms with Crippen LogP contribution in [-0.2, 0) is 0 Å². The third-order valence-corrected chi connectivity index (χ3v) is 1.16. The first-order chi connectivity index (χ1) is 4.88. The molecule has 0 aromatic carbocycles. The summed E-state index contributed by atoms with van der Waals surface area (Å²) >= 11 is 0. The Morgan fingerprint density at radius 3 is 3.10 bits per heavy atom. The molecule has 1 heterocycles. The second-order valence-electron chi connectivity index (χ2n) is 1.81. The molecule has 1 aromatic heterocycles. The molecule has 0 aliphatic rings. The summed E-state index contributed by atoms with van der Waals surface area (Å²) < 4.78 is 0. The topological polar surface area (TPSA) is 54.7 Å². The highest BCUT2D eigenvalue weighted by Gasteiger charge is 1.81. The monoisotopic (exact) mass is 135 g/mol. The Balaban J connectivity index is 3.41. The molecule has 0 unspecified atom stereocenters. The predicted molar refractivity (Wildman–Crippen MR) is 41.2 cm³/mol. The van der Waals surface area contributed by atoms with E-state index in [1.807, 2.05) is 6.08 Å². The van der Waals surface area contributed by atoms with Crippen LogP contribution in [0.3, 0.4) is 0 Å². The third kappa shape index (κ3) is 1.07. The maximum absolute atomic E-state index is 5.29. The molecule has 3 N–H and O–H groups in total. The number of hydrogen-bond acceptors (Lipinski definition) is 2. The largest absolute Gasteiger partial charge is 0.404 e. The molecule has 0 aliphatic carbocycles. The van der Waals surface area contributed by atoms with Gasteiger partial charge in [0.2, 0.25) is 0 Å². The van der Waals surface area contributed by atoms with Gasteiger partial charge in [0.05, 0.1) is 11.5 Å². The number of nitrogens with zero attached hydrogens (tertiary/aromatic N) is 1. The zero-order valence-corrected chi connectivity index (χ0v) is 5.54. The Labute approximate surface area is 58.6 Å². The number of rotatable bonds is 1. The maximum atomic E-state index is 5.29. The van der Waals surface area contributed by atoms with E-state index < -0.39 is 0 Å². The average molecular weight is 135 g/mol. The average Bonchev–Trinajstić information content (AvgIpc) is 2.36. The van der Waals surface area contributed by atoms with Crippen LogP contribution in [0.25, 0.3) is 12.3 Å². The van der Waals surface area contributed by atoms with E-state index in [0.717, 1.165) is 10.6 Å². The van der Waals surface area contributed by atoms with Crippen LogP contribution in [0, 0.1) is 0 Å². The van der Waals surface area contributed by atoms with Gasteiger partial charge in [0.1, 0.15) is 0 Å². The second-order valence-corrected chi connectivity index (χ2v) is 1.81. The van der Waals surface area contributed by atoms with E-state index in [2.05, 4.69) is 16.8 Å². The van der Waals surface area contributed by atoms with Gasteiger partial charge >= 0.3 is 0 Å². The van der Waals surface area contributed by atoms with Crippen molar-refractivity contribution in [1.29, 1.82) is 0 Å². The van der Waals surface area contributed by atoms with Crippen LogP contribution >= 0.6 is 0 Å². The lowest BCUT2D eigenvalue weighted by atomic mass is 10.4. The second kappa shape index (κ2) is 2.87. The van der Waals surface area contributed by atoms with Crippen molar-refractivity contribution >= 4 is 12.3 Å². The Morgan fingerprint density at radius 1 is 1.70 bits per heavy atom. The Bertz CT molecular complexity index is 321. The van der Waals surface area contributed by atoms with Gasteiger partial charge in [-0.05, 0) is 6.08 Å². The van der Waals surface area contributed by atoms with Crippen LogP contribution in [0.15, 0.2) is 18.9 Å². The highest BCUT2D eigenvalue weighted by atomic mass is 15.1. The summed E-state index contributed by atoms with van der Waals surface area (Å²) in [5.41, 5.74) is 5.29. The lowest BCUT2D eigenvalue weighted by Gasteiger charge is -1.72.